The average Bonchev–Trinajstić information content (AvgIpc) is 2.76. The maximum Gasteiger partial charge on any atom is 0.317 e. The number of rotatable bonds is 5. The predicted molar refractivity (Wildman–Crippen MR) is 66.1 cm³/mol. The number of carbonyl (C=O) groups excluding carboxylic acids is 1. The Bertz CT molecular complexity index is 306. The minimum absolute atomic E-state index is 0.0217. The topological polar surface area (TPSA) is 89.9 Å². The SMILES string of the molecule is CC(C)C(CNC(=O)N1CCC(CO)C1)C(=O)O. The Morgan fingerprint density at radius 3 is 2.56 bits per heavy atom. The van der Waals surface area contributed by atoms with Crippen LogP contribution >= 0.6 is 0 Å². The molecule has 104 valence electrons. The molecular formula is C12H22N2O4. The third kappa shape index (κ3) is 3.87. The zero-order valence-electron chi connectivity index (χ0n) is 10.9. The van der Waals surface area contributed by atoms with Crippen molar-refractivity contribution in [2.24, 2.45) is 17.8 Å². The van der Waals surface area contributed by atoms with E-state index >= 15 is 0 Å². The fraction of sp³-hybridized carbons (Fsp3) is 0.833. The van der Waals surface area contributed by atoms with Crippen LogP contribution in [0.5, 0.6) is 0 Å². The van der Waals surface area contributed by atoms with Crippen molar-refractivity contribution in [3.05, 3.63) is 0 Å². The number of aliphatic hydroxyl groups excluding tert-OH is 1. The van der Waals surface area contributed by atoms with Crippen molar-refractivity contribution in [3.8, 4) is 0 Å². The van der Waals surface area contributed by atoms with Gasteiger partial charge in [-0.25, -0.2) is 4.79 Å². The van der Waals surface area contributed by atoms with E-state index in [1.165, 1.54) is 0 Å². The molecule has 2 unspecified atom stereocenters. The summed E-state index contributed by atoms with van der Waals surface area (Å²) in [4.78, 5) is 24.4. The standard InChI is InChI=1S/C12H22N2O4/c1-8(2)10(11(16)17)5-13-12(18)14-4-3-9(6-14)7-15/h8-10,15H,3-7H2,1-2H3,(H,13,18)(H,16,17). The lowest BCUT2D eigenvalue weighted by atomic mass is 9.96. The largest absolute Gasteiger partial charge is 0.481 e. The van der Waals surface area contributed by atoms with Crippen LogP contribution in [0.1, 0.15) is 20.3 Å². The van der Waals surface area contributed by atoms with Crippen molar-refractivity contribution < 1.29 is 19.8 Å². The summed E-state index contributed by atoms with van der Waals surface area (Å²) >= 11 is 0. The second kappa shape index (κ2) is 6.58. The van der Waals surface area contributed by atoms with E-state index < -0.39 is 11.9 Å². The zero-order valence-corrected chi connectivity index (χ0v) is 10.9. The lowest BCUT2D eigenvalue weighted by Crippen LogP contribution is -2.43. The summed E-state index contributed by atoms with van der Waals surface area (Å²) in [7, 11) is 0. The lowest BCUT2D eigenvalue weighted by molar-refractivity contribution is -0.142. The molecule has 0 bridgehead atoms. The number of amides is 2. The second-order valence-electron chi connectivity index (χ2n) is 5.16. The molecule has 0 aromatic heterocycles. The van der Waals surface area contributed by atoms with Gasteiger partial charge in [-0.15, -0.1) is 0 Å². The molecule has 2 atom stereocenters. The number of aliphatic carboxylic acids is 1. The Morgan fingerprint density at radius 1 is 1.44 bits per heavy atom. The molecule has 6 nitrogen and oxygen atoms in total. The van der Waals surface area contributed by atoms with Crippen LogP contribution in [0.2, 0.25) is 0 Å². The van der Waals surface area contributed by atoms with Crippen molar-refractivity contribution in [2.45, 2.75) is 20.3 Å². The van der Waals surface area contributed by atoms with Gasteiger partial charge in [0.15, 0.2) is 0 Å². The van der Waals surface area contributed by atoms with Gasteiger partial charge in [-0.05, 0) is 12.3 Å². The normalized spacial score (nSPS) is 21.1. The molecule has 2 amide bonds. The van der Waals surface area contributed by atoms with Crippen LogP contribution in [-0.2, 0) is 4.79 Å². The van der Waals surface area contributed by atoms with E-state index in [4.69, 9.17) is 10.2 Å². The van der Waals surface area contributed by atoms with E-state index in [-0.39, 0.29) is 31.0 Å². The fourth-order valence-corrected chi connectivity index (χ4v) is 2.08. The molecule has 18 heavy (non-hydrogen) atoms. The van der Waals surface area contributed by atoms with Crippen LogP contribution in [0.15, 0.2) is 0 Å². The molecule has 0 saturated carbocycles. The summed E-state index contributed by atoms with van der Waals surface area (Å²) in [6, 6.07) is -0.238. The first kappa shape index (κ1) is 14.8. The van der Waals surface area contributed by atoms with Crippen molar-refractivity contribution >= 4 is 12.0 Å². The van der Waals surface area contributed by atoms with Gasteiger partial charge in [0.2, 0.25) is 0 Å². The van der Waals surface area contributed by atoms with Crippen LogP contribution in [0.3, 0.4) is 0 Å². The highest BCUT2D eigenvalue weighted by molar-refractivity contribution is 5.76. The molecular weight excluding hydrogens is 236 g/mol. The maximum absolute atomic E-state index is 11.8. The van der Waals surface area contributed by atoms with Gasteiger partial charge in [-0.3, -0.25) is 4.79 Å². The number of carbonyl (C=O) groups is 2. The van der Waals surface area contributed by atoms with Crippen molar-refractivity contribution in [1.29, 1.82) is 0 Å². The highest BCUT2D eigenvalue weighted by Gasteiger charge is 2.27. The number of urea groups is 1. The molecule has 1 saturated heterocycles. The van der Waals surface area contributed by atoms with E-state index in [1.54, 1.807) is 4.90 Å². The third-order valence-corrected chi connectivity index (χ3v) is 3.43. The number of aliphatic hydroxyl groups is 1. The number of nitrogens with one attached hydrogen (secondary N) is 1. The van der Waals surface area contributed by atoms with Crippen LogP contribution < -0.4 is 5.32 Å². The molecule has 6 heteroatoms. The molecule has 0 radical (unpaired) electrons. The minimum atomic E-state index is -0.889. The van der Waals surface area contributed by atoms with Crippen molar-refractivity contribution in [3.63, 3.8) is 0 Å². The molecule has 1 rings (SSSR count). The van der Waals surface area contributed by atoms with Crippen LogP contribution in [0.4, 0.5) is 4.79 Å². The van der Waals surface area contributed by atoms with Gasteiger partial charge in [-0.1, -0.05) is 13.8 Å². The van der Waals surface area contributed by atoms with Gasteiger partial charge in [0.05, 0.1) is 5.92 Å². The number of carboxylic acids is 1. The molecule has 1 heterocycles. The number of hydrogen-bond acceptors (Lipinski definition) is 3. The second-order valence-corrected chi connectivity index (χ2v) is 5.16. The van der Waals surface area contributed by atoms with Crippen LogP contribution in [0, 0.1) is 17.8 Å². The molecule has 1 aliphatic rings. The van der Waals surface area contributed by atoms with E-state index in [0.29, 0.717) is 13.1 Å². The molecule has 0 aromatic carbocycles. The Labute approximate surface area is 107 Å². The van der Waals surface area contributed by atoms with Crippen LogP contribution in [0.25, 0.3) is 0 Å². The van der Waals surface area contributed by atoms with Gasteiger partial charge in [0.25, 0.3) is 0 Å². The number of nitrogens with zero attached hydrogens (tertiary/aromatic N) is 1. The first-order valence-corrected chi connectivity index (χ1v) is 6.32. The minimum Gasteiger partial charge on any atom is -0.481 e. The number of hydrogen-bond donors (Lipinski definition) is 3. The third-order valence-electron chi connectivity index (χ3n) is 3.43. The van der Waals surface area contributed by atoms with Gasteiger partial charge < -0.3 is 20.4 Å². The summed E-state index contributed by atoms with van der Waals surface area (Å²) in [6.45, 7) is 5.04. The first-order chi connectivity index (χ1) is 8.45. The van der Waals surface area contributed by atoms with Crippen molar-refractivity contribution in [2.75, 3.05) is 26.2 Å². The van der Waals surface area contributed by atoms with E-state index in [0.717, 1.165) is 6.42 Å². The van der Waals surface area contributed by atoms with Gasteiger partial charge in [0, 0.05) is 32.2 Å². The molecule has 0 aliphatic carbocycles. The Balaban J connectivity index is 2.39. The Kier molecular flexibility index (Phi) is 5.40. The predicted octanol–water partition coefficient (Wildman–Crippen LogP) is 0.367. The maximum atomic E-state index is 11.8. The van der Waals surface area contributed by atoms with E-state index in [2.05, 4.69) is 5.32 Å². The summed E-state index contributed by atoms with van der Waals surface area (Å²) in [6.07, 6.45) is 0.802. The summed E-state index contributed by atoms with van der Waals surface area (Å²) in [5.74, 6) is -1.33. The summed E-state index contributed by atoms with van der Waals surface area (Å²) in [5, 5.41) is 20.7. The molecule has 0 aromatic rings. The molecule has 0 spiro atoms. The van der Waals surface area contributed by atoms with Crippen molar-refractivity contribution in [1.82, 2.24) is 10.2 Å². The highest BCUT2D eigenvalue weighted by Crippen LogP contribution is 2.15. The Hall–Kier alpha value is -1.30. The smallest absolute Gasteiger partial charge is 0.317 e. The average molecular weight is 258 g/mol. The number of carboxylic acid groups (broad SMARTS) is 1. The summed E-state index contributed by atoms with van der Waals surface area (Å²) < 4.78 is 0. The highest BCUT2D eigenvalue weighted by atomic mass is 16.4. The molecule has 3 N–H and O–H groups in total. The van der Waals surface area contributed by atoms with E-state index in [9.17, 15) is 9.59 Å². The van der Waals surface area contributed by atoms with Gasteiger partial charge in [-0.2, -0.15) is 0 Å². The lowest BCUT2D eigenvalue weighted by Gasteiger charge is -2.21. The first-order valence-electron chi connectivity index (χ1n) is 6.32. The fourth-order valence-electron chi connectivity index (χ4n) is 2.08. The summed E-state index contributed by atoms with van der Waals surface area (Å²) in [5.41, 5.74) is 0. The Morgan fingerprint density at radius 2 is 2.11 bits per heavy atom. The zero-order chi connectivity index (χ0) is 13.7. The van der Waals surface area contributed by atoms with Gasteiger partial charge in [0.1, 0.15) is 0 Å². The number of likely N-dealkylation sites (tertiary alicyclic amines) is 1. The molecule has 1 fully saturated rings. The molecule has 1 aliphatic heterocycles. The van der Waals surface area contributed by atoms with Crippen LogP contribution in [-0.4, -0.2) is 53.4 Å². The van der Waals surface area contributed by atoms with E-state index in [1.807, 2.05) is 13.8 Å². The van der Waals surface area contributed by atoms with Gasteiger partial charge >= 0.3 is 12.0 Å². The monoisotopic (exact) mass is 258 g/mol. The quantitative estimate of drug-likeness (QED) is 0.664.